The minimum atomic E-state index is -0.371. The Morgan fingerprint density at radius 3 is 2.66 bits per heavy atom. The summed E-state index contributed by atoms with van der Waals surface area (Å²) in [7, 11) is 1.87. The van der Waals surface area contributed by atoms with Gasteiger partial charge in [0, 0.05) is 42.4 Å². The third kappa shape index (κ3) is 3.57. The van der Waals surface area contributed by atoms with Crippen LogP contribution in [0, 0.1) is 19.7 Å². The summed E-state index contributed by atoms with van der Waals surface area (Å²) in [6.07, 6.45) is 0.681. The second kappa shape index (κ2) is 7.71. The highest BCUT2D eigenvalue weighted by Gasteiger charge is 2.30. The molecule has 2 aromatic carbocycles. The molecular weight excluding hydrogens is 409 g/mol. The van der Waals surface area contributed by atoms with Crippen LogP contribution in [0.2, 0.25) is 0 Å². The van der Waals surface area contributed by atoms with Crippen LogP contribution in [-0.4, -0.2) is 37.3 Å². The maximum absolute atomic E-state index is 13.6. The molecule has 1 amide bonds. The highest BCUT2D eigenvalue weighted by atomic mass is 19.1. The number of carbonyl (C=O) groups is 1. The van der Waals surface area contributed by atoms with Crippen LogP contribution in [0.15, 0.2) is 47.0 Å². The Labute approximate surface area is 184 Å². The van der Waals surface area contributed by atoms with Gasteiger partial charge in [-0.25, -0.2) is 4.39 Å². The predicted octanol–water partition coefficient (Wildman–Crippen LogP) is 4.09. The molecule has 5 rings (SSSR count). The van der Waals surface area contributed by atoms with Gasteiger partial charge in [0.05, 0.1) is 6.54 Å². The smallest absolute Gasteiger partial charge is 0.279 e. The molecule has 0 N–H and O–H groups in total. The number of rotatable bonds is 3. The molecule has 0 saturated carbocycles. The maximum atomic E-state index is 13.6. The fourth-order valence-corrected chi connectivity index (χ4v) is 4.28. The van der Waals surface area contributed by atoms with Gasteiger partial charge in [-0.1, -0.05) is 34.5 Å². The molecule has 0 saturated heterocycles. The summed E-state index contributed by atoms with van der Waals surface area (Å²) >= 11 is 0. The number of nitrogens with zero attached hydrogens (tertiary/aromatic N) is 5. The van der Waals surface area contributed by atoms with Crippen LogP contribution in [0.3, 0.4) is 0 Å². The van der Waals surface area contributed by atoms with Crippen molar-refractivity contribution in [3.8, 4) is 23.0 Å². The zero-order valence-electron chi connectivity index (χ0n) is 18.1. The van der Waals surface area contributed by atoms with Crippen molar-refractivity contribution in [1.29, 1.82) is 0 Å². The molecule has 162 valence electrons. The molecule has 0 spiro atoms. The van der Waals surface area contributed by atoms with Crippen molar-refractivity contribution in [2.75, 3.05) is 6.54 Å². The van der Waals surface area contributed by atoms with Crippen LogP contribution < -0.4 is 0 Å². The Kier molecular flexibility index (Phi) is 4.84. The molecule has 3 heterocycles. The molecule has 7 nitrogen and oxygen atoms in total. The number of hydrogen-bond donors (Lipinski definition) is 0. The first kappa shape index (κ1) is 20.1. The molecule has 0 unspecified atom stereocenters. The molecular formula is C24H22FN5O2. The molecule has 4 aromatic rings. The van der Waals surface area contributed by atoms with E-state index in [4.69, 9.17) is 4.52 Å². The zero-order valence-corrected chi connectivity index (χ0v) is 18.1. The first-order valence-electron chi connectivity index (χ1n) is 10.4. The molecule has 1 aliphatic heterocycles. The van der Waals surface area contributed by atoms with Crippen LogP contribution in [0.1, 0.15) is 32.7 Å². The second-order valence-corrected chi connectivity index (χ2v) is 8.18. The highest BCUT2D eigenvalue weighted by Crippen LogP contribution is 2.31. The van der Waals surface area contributed by atoms with Crippen molar-refractivity contribution < 1.29 is 13.7 Å². The number of halogens is 1. The van der Waals surface area contributed by atoms with Gasteiger partial charge < -0.3 is 9.42 Å². The third-order valence-electron chi connectivity index (χ3n) is 5.71. The van der Waals surface area contributed by atoms with Crippen molar-refractivity contribution in [2.24, 2.45) is 7.05 Å². The topological polar surface area (TPSA) is 77.1 Å². The average Bonchev–Trinajstić information content (AvgIpc) is 3.37. The Morgan fingerprint density at radius 1 is 1.12 bits per heavy atom. The molecule has 0 bridgehead atoms. The number of aromatic nitrogens is 4. The Morgan fingerprint density at radius 2 is 1.91 bits per heavy atom. The fraction of sp³-hybridized carbons (Fsp3) is 0.250. The lowest BCUT2D eigenvalue weighted by Gasteiger charge is -2.27. The standard InChI is InChI=1S/C24H22FN5O2/c1-14-9-15(2)11-17(10-14)24(31)30-8-7-20-19(13-30)21(27-29(20)3)23-26-22(28-32-23)16-5-4-6-18(25)12-16/h4-6,9-12H,7-8,13H2,1-3H3. The summed E-state index contributed by atoms with van der Waals surface area (Å²) in [5, 5.41) is 8.59. The summed E-state index contributed by atoms with van der Waals surface area (Å²) in [6.45, 7) is 4.99. The quantitative estimate of drug-likeness (QED) is 0.488. The van der Waals surface area contributed by atoms with E-state index in [1.165, 1.54) is 12.1 Å². The first-order valence-corrected chi connectivity index (χ1v) is 10.4. The van der Waals surface area contributed by atoms with Gasteiger partial charge in [-0.3, -0.25) is 9.48 Å². The number of amides is 1. The van der Waals surface area contributed by atoms with E-state index < -0.39 is 0 Å². The molecule has 0 radical (unpaired) electrons. The lowest BCUT2D eigenvalue weighted by molar-refractivity contribution is 0.0733. The summed E-state index contributed by atoms with van der Waals surface area (Å²) < 4.78 is 20.9. The Bertz CT molecular complexity index is 1320. The summed E-state index contributed by atoms with van der Waals surface area (Å²) in [4.78, 5) is 19.5. The van der Waals surface area contributed by atoms with Gasteiger partial charge in [-0.2, -0.15) is 10.1 Å². The van der Waals surface area contributed by atoms with Crippen molar-refractivity contribution in [1.82, 2.24) is 24.8 Å². The summed E-state index contributed by atoms with van der Waals surface area (Å²) in [6, 6.07) is 11.9. The lowest BCUT2D eigenvalue weighted by Crippen LogP contribution is -2.36. The molecule has 0 atom stereocenters. The van der Waals surface area contributed by atoms with Crippen LogP contribution in [0.25, 0.3) is 23.0 Å². The molecule has 8 heteroatoms. The van der Waals surface area contributed by atoms with Gasteiger partial charge >= 0.3 is 0 Å². The van der Waals surface area contributed by atoms with E-state index in [9.17, 15) is 9.18 Å². The molecule has 32 heavy (non-hydrogen) atoms. The SMILES string of the molecule is Cc1cc(C)cc(C(=O)N2CCc3c(c(-c4nc(-c5cccc(F)c5)no4)nn3C)C2)c1. The van der Waals surface area contributed by atoms with E-state index in [1.54, 1.807) is 16.8 Å². The first-order chi connectivity index (χ1) is 15.4. The van der Waals surface area contributed by atoms with Gasteiger partial charge in [0.1, 0.15) is 5.82 Å². The third-order valence-corrected chi connectivity index (χ3v) is 5.71. The number of benzene rings is 2. The van der Waals surface area contributed by atoms with Crippen LogP contribution in [0.5, 0.6) is 0 Å². The van der Waals surface area contributed by atoms with E-state index in [2.05, 4.69) is 21.3 Å². The average molecular weight is 431 g/mol. The van der Waals surface area contributed by atoms with Crippen LogP contribution in [0.4, 0.5) is 4.39 Å². The van der Waals surface area contributed by atoms with Crippen molar-refractivity contribution >= 4 is 5.91 Å². The normalized spacial score (nSPS) is 13.3. The Balaban J connectivity index is 1.47. The monoisotopic (exact) mass is 431 g/mol. The number of fused-ring (bicyclic) bond motifs is 1. The second-order valence-electron chi connectivity index (χ2n) is 8.18. The van der Waals surface area contributed by atoms with E-state index in [0.717, 1.165) is 22.4 Å². The van der Waals surface area contributed by atoms with Crippen LogP contribution >= 0.6 is 0 Å². The van der Waals surface area contributed by atoms with E-state index in [0.29, 0.717) is 36.3 Å². The van der Waals surface area contributed by atoms with Gasteiger partial charge in [-0.15, -0.1) is 0 Å². The minimum absolute atomic E-state index is 0.0109. The van der Waals surface area contributed by atoms with Gasteiger partial charge in [0.15, 0.2) is 5.69 Å². The number of aryl methyl sites for hydroxylation is 3. The highest BCUT2D eigenvalue weighted by molar-refractivity contribution is 5.94. The van der Waals surface area contributed by atoms with Gasteiger partial charge in [0.25, 0.3) is 11.8 Å². The number of hydrogen-bond acceptors (Lipinski definition) is 5. The summed E-state index contributed by atoms with van der Waals surface area (Å²) in [5.74, 6) is 0.160. The van der Waals surface area contributed by atoms with Crippen molar-refractivity contribution in [3.63, 3.8) is 0 Å². The minimum Gasteiger partial charge on any atom is -0.334 e. The Hall–Kier alpha value is -3.81. The summed E-state index contributed by atoms with van der Waals surface area (Å²) in [5.41, 5.74) is 5.81. The largest absolute Gasteiger partial charge is 0.334 e. The maximum Gasteiger partial charge on any atom is 0.279 e. The van der Waals surface area contributed by atoms with E-state index in [1.807, 2.05) is 37.9 Å². The van der Waals surface area contributed by atoms with E-state index in [-0.39, 0.29) is 23.4 Å². The fourth-order valence-electron chi connectivity index (χ4n) is 4.28. The predicted molar refractivity (Wildman–Crippen MR) is 116 cm³/mol. The molecule has 0 fully saturated rings. The van der Waals surface area contributed by atoms with Gasteiger partial charge in [0.2, 0.25) is 5.82 Å². The molecule has 0 aliphatic carbocycles. The lowest BCUT2D eigenvalue weighted by atomic mass is 10.0. The van der Waals surface area contributed by atoms with Gasteiger partial charge in [-0.05, 0) is 38.1 Å². The van der Waals surface area contributed by atoms with Crippen molar-refractivity contribution in [2.45, 2.75) is 26.8 Å². The van der Waals surface area contributed by atoms with Crippen molar-refractivity contribution in [3.05, 3.63) is 76.2 Å². The van der Waals surface area contributed by atoms with Crippen LogP contribution in [-0.2, 0) is 20.0 Å². The molecule has 2 aromatic heterocycles. The zero-order chi connectivity index (χ0) is 22.4. The van der Waals surface area contributed by atoms with E-state index >= 15 is 0 Å². The molecule has 1 aliphatic rings. The number of carbonyl (C=O) groups excluding carboxylic acids is 1.